The van der Waals surface area contributed by atoms with Gasteiger partial charge in [0.05, 0.1) is 13.2 Å². The number of amides is 3. The van der Waals surface area contributed by atoms with Gasteiger partial charge in [-0.25, -0.2) is 4.79 Å². The Morgan fingerprint density at radius 2 is 2.00 bits per heavy atom. The van der Waals surface area contributed by atoms with Crippen molar-refractivity contribution in [2.45, 2.75) is 26.8 Å². The van der Waals surface area contributed by atoms with Crippen LogP contribution < -0.4 is 20.3 Å². The van der Waals surface area contributed by atoms with Crippen molar-refractivity contribution in [3.63, 3.8) is 0 Å². The monoisotopic (exact) mass is 367 g/mol. The maximum absolute atomic E-state index is 12.7. The standard InChI is InChI=1S/C21H25N3O3/c1-13-5-8-19(27-4)17(11-13)15(3)23-20(25)16-6-7-18(14(2)12-16)24-10-9-22-21(24)26/h5-8,11-12,15H,9-10H2,1-4H3,(H,22,26)(H,23,25). The van der Waals surface area contributed by atoms with Crippen molar-refractivity contribution in [1.82, 2.24) is 10.6 Å². The molecule has 2 aromatic carbocycles. The smallest absolute Gasteiger partial charge is 0.322 e. The van der Waals surface area contributed by atoms with E-state index in [0.717, 1.165) is 28.1 Å². The van der Waals surface area contributed by atoms with Gasteiger partial charge in [0.1, 0.15) is 5.75 Å². The van der Waals surface area contributed by atoms with Gasteiger partial charge in [-0.15, -0.1) is 0 Å². The van der Waals surface area contributed by atoms with Crippen LogP contribution in [0.5, 0.6) is 5.75 Å². The first-order valence-electron chi connectivity index (χ1n) is 9.02. The van der Waals surface area contributed by atoms with Crippen LogP contribution in [0.3, 0.4) is 0 Å². The molecule has 6 nitrogen and oxygen atoms in total. The van der Waals surface area contributed by atoms with E-state index in [9.17, 15) is 9.59 Å². The molecule has 0 spiro atoms. The molecule has 0 bridgehead atoms. The van der Waals surface area contributed by atoms with Gasteiger partial charge in [0.25, 0.3) is 5.91 Å². The van der Waals surface area contributed by atoms with Crippen LogP contribution in [0.1, 0.15) is 40.0 Å². The summed E-state index contributed by atoms with van der Waals surface area (Å²) in [5.74, 6) is 0.589. The Morgan fingerprint density at radius 3 is 2.63 bits per heavy atom. The number of anilines is 1. The molecule has 0 aromatic heterocycles. The summed E-state index contributed by atoms with van der Waals surface area (Å²) in [6.07, 6.45) is 0. The van der Waals surface area contributed by atoms with Gasteiger partial charge in [0, 0.05) is 29.9 Å². The minimum absolute atomic E-state index is 0.101. The van der Waals surface area contributed by atoms with Crippen molar-refractivity contribution < 1.29 is 14.3 Å². The first-order valence-corrected chi connectivity index (χ1v) is 9.02. The molecule has 1 saturated heterocycles. The molecule has 1 heterocycles. The Kier molecular flexibility index (Phi) is 5.35. The second kappa shape index (κ2) is 7.70. The summed E-state index contributed by atoms with van der Waals surface area (Å²) in [7, 11) is 1.62. The molecule has 27 heavy (non-hydrogen) atoms. The summed E-state index contributed by atoms with van der Waals surface area (Å²) in [5.41, 5.74) is 4.33. The Balaban J connectivity index is 1.77. The normalized spacial score (nSPS) is 14.7. The zero-order valence-corrected chi connectivity index (χ0v) is 16.1. The summed E-state index contributed by atoms with van der Waals surface area (Å²) in [6.45, 7) is 7.12. The minimum atomic E-state index is -0.198. The number of rotatable bonds is 5. The highest BCUT2D eigenvalue weighted by Gasteiger charge is 2.23. The van der Waals surface area contributed by atoms with Gasteiger partial charge in [-0.05, 0) is 50.6 Å². The van der Waals surface area contributed by atoms with Gasteiger partial charge in [-0.1, -0.05) is 17.7 Å². The van der Waals surface area contributed by atoms with E-state index in [1.54, 1.807) is 18.1 Å². The fourth-order valence-corrected chi connectivity index (χ4v) is 3.35. The minimum Gasteiger partial charge on any atom is -0.496 e. The van der Waals surface area contributed by atoms with Gasteiger partial charge >= 0.3 is 6.03 Å². The molecule has 1 aliphatic rings. The molecule has 2 aromatic rings. The summed E-state index contributed by atoms with van der Waals surface area (Å²) >= 11 is 0. The number of aryl methyl sites for hydroxylation is 2. The van der Waals surface area contributed by atoms with Gasteiger partial charge in [0.15, 0.2) is 0 Å². The maximum Gasteiger partial charge on any atom is 0.322 e. The van der Waals surface area contributed by atoms with Crippen LogP contribution in [0.15, 0.2) is 36.4 Å². The average Bonchev–Trinajstić information content (AvgIpc) is 3.07. The van der Waals surface area contributed by atoms with Gasteiger partial charge in [-0.3, -0.25) is 9.69 Å². The number of carbonyl (C=O) groups excluding carboxylic acids is 2. The van der Waals surface area contributed by atoms with E-state index in [0.29, 0.717) is 18.7 Å². The van der Waals surface area contributed by atoms with Crippen molar-refractivity contribution in [2.24, 2.45) is 0 Å². The molecule has 6 heteroatoms. The third-order valence-electron chi connectivity index (χ3n) is 4.81. The second-order valence-corrected chi connectivity index (χ2v) is 6.83. The summed E-state index contributed by atoms with van der Waals surface area (Å²) < 4.78 is 5.42. The number of carbonyl (C=O) groups is 2. The molecule has 1 fully saturated rings. The zero-order chi connectivity index (χ0) is 19.6. The number of ether oxygens (including phenoxy) is 1. The molecule has 0 saturated carbocycles. The average molecular weight is 367 g/mol. The SMILES string of the molecule is COc1ccc(C)cc1C(C)NC(=O)c1ccc(N2CCNC2=O)c(C)c1. The molecule has 1 atom stereocenters. The van der Waals surface area contributed by atoms with E-state index in [1.807, 2.05) is 51.1 Å². The molecule has 0 radical (unpaired) electrons. The molecule has 1 aliphatic heterocycles. The maximum atomic E-state index is 12.7. The summed E-state index contributed by atoms with van der Waals surface area (Å²) in [4.78, 5) is 26.3. The molecular formula is C21H25N3O3. The quantitative estimate of drug-likeness (QED) is 0.852. The largest absolute Gasteiger partial charge is 0.496 e. The lowest BCUT2D eigenvalue weighted by molar-refractivity contribution is 0.0939. The van der Waals surface area contributed by atoms with E-state index < -0.39 is 0 Å². The molecular weight excluding hydrogens is 342 g/mol. The van der Waals surface area contributed by atoms with Crippen LogP contribution >= 0.6 is 0 Å². The Labute approximate surface area is 159 Å². The van der Waals surface area contributed by atoms with Crippen LogP contribution in [-0.4, -0.2) is 32.1 Å². The number of hydrogen-bond acceptors (Lipinski definition) is 3. The zero-order valence-electron chi connectivity index (χ0n) is 16.1. The molecule has 1 unspecified atom stereocenters. The van der Waals surface area contributed by atoms with Crippen molar-refractivity contribution >= 4 is 17.6 Å². The predicted octanol–water partition coefficient (Wildman–Crippen LogP) is 3.33. The third kappa shape index (κ3) is 3.89. The van der Waals surface area contributed by atoms with Crippen LogP contribution in [0.25, 0.3) is 0 Å². The van der Waals surface area contributed by atoms with E-state index >= 15 is 0 Å². The molecule has 3 amide bonds. The van der Waals surface area contributed by atoms with E-state index in [2.05, 4.69) is 10.6 Å². The number of hydrogen-bond donors (Lipinski definition) is 2. The number of methoxy groups -OCH3 is 1. The highest BCUT2D eigenvalue weighted by molar-refractivity contribution is 5.98. The molecule has 142 valence electrons. The van der Waals surface area contributed by atoms with Crippen molar-refractivity contribution in [1.29, 1.82) is 0 Å². The van der Waals surface area contributed by atoms with Crippen molar-refractivity contribution in [3.8, 4) is 5.75 Å². The third-order valence-corrected chi connectivity index (χ3v) is 4.81. The van der Waals surface area contributed by atoms with Gasteiger partial charge in [-0.2, -0.15) is 0 Å². The Hall–Kier alpha value is -3.02. The van der Waals surface area contributed by atoms with E-state index in [4.69, 9.17) is 4.74 Å². The van der Waals surface area contributed by atoms with Crippen molar-refractivity contribution in [3.05, 3.63) is 58.7 Å². The summed E-state index contributed by atoms with van der Waals surface area (Å²) in [6, 6.07) is 11.0. The fraction of sp³-hybridized carbons (Fsp3) is 0.333. The van der Waals surface area contributed by atoms with Crippen molar-refractivity contribution in [2.75, 3.05) is 25.1 Å². The van der Waals surface area contributed by atoms with Crippen LogP contribution in [0.4, 0.5) is 10.5 Å². The Bertz CT molecular complexity index is 879. The lowest BCUT2D eigenvalue weighted by atomic mass is 10.0. The number of benzene rings is 2. The lowest BCUT2D eigenvalue weighted by Gasteiger charge is -2.20. The number of nitrogens with one attached hydrogen (secondary N) is 2. The van der Waals surface area contributed by atoms with E-state index in [-0.39, 0.29) is 18.0 Å². The number of urea groups is 1. The fourth-order valence-electron chi connectivity index (χ4n) is 3.35. The molecule has 2 N–H and O–H groups in total. The number of nitrogens with zero attached hydrogens (tertiary/aromatic N) is 1. The summed E-state index contributed by atoms with van der Waals surface area (Å²) in [5, 5.41) is 5.82. The second-order valence-electron chi connectivity index (χ2n) is 6.83. The first kappa shape index (κ1) is 18.8. The predicted molar refractivity (Wildman–Crippen MR) is 106 cm³/mol. The highest BCUT2D eigenvalue weighted by atomic mass is 16.5. The van der Waals surface area contributed by atoms with E-state index in [1.165, 1.54) is 0 Å². The topological polar surface area (TPSA) is 70.7 Å². The highest BCUT2D eigenvalue weighted by Crippen LogP contribution is 2.27. The lowest BCUT2D eigenvalue weighted by Crippen LogP contribution is -2.29. The van der Waals surface area contributed by atoms with Crippen LogP contribution in [-0.2, 0) is 0 Å². The van der Waals surface area contributed by atoms with Crippen LogP contribution in [0, 0.1) is 13.8 Å². The van der Waals surface area contributed by atoms with Gasteiger partial charge in [0.2, 0.25) is 0 Å². The van der Waals surface area contributed by atoms with Gasteiger partial charge < -0.3 is 15.4 Å². The Morgan fingerprint density at radius 1 is 1.22 bits per heavy atom. The molecule has 0 aliphatic carbocycles. The first-order chi connectivity index (χ1) is 12.9. The molecule has 3 rings (SSSR count). The van der Waals surface area contributed by atoms with Crippen LogP contribution in [0.2, 0.25) is 0 Å².